The van der Waals surface area contributed by atoms with Crippen molar-refractivity contribution in [3.8, 4) is 0 Å². The Morgan fingerprint density at radius 2 is 2.07 bits per heavy atom. The molecule has 154 valence electrons. The van der Waals surface area contributed by atoms with Crippen molar-refractivity contribution in [3.05, 3.63) is 71.4 Å². The number of amides is 1. The van der Waals surface area contributed by atoms with Crippen molar-refractivity contribution in [2.75, 3.05) is 20.1 Å². The molecule has 1 aliphatic heterocycles. The number of fused-ring (bicyclic) bond motifs is 2. The second-order valence-electron chi connectivity index (χ2n) is 8.55. The molecular formula is C24H27N5O. The zero-order chi connectivity index (χ0) is 20.7. The van der Waals surface area contributed by atoms with Crippen molar-refractivity contribution < 1.29 is 4.79 Å². The van der Waals surface area contributed by atoms with Crippen LogP contribution in [0.4, 0.5) is 0 Å². The fourth-order valence-corrected chi connectivity index (χ4v) is 5.23. The molecule has 0 radical (unpaired) electrons. The lowest BCUT2D eigenvalue weighted by Crippen LogP contribution is -2.48. The number of benzene rings is 2. The number of nitrogens with one attached hydrogen (secondary N) is 2. The fraction of sp³-hybridized carbons (Fsp3) is 0.333. The number of piperidine rings is 1. The topological polar surface area (TPSA) is 86.5 Å². The van der Waals surface area contributed by atoms with Crippen molar-refractivity contribution in [1.29, 1.82) is 0 Å². The highest BCUT2D eigenvalue weighted by molar-refractivity contribution is 6.05. The predicted molar refractivity (Wildman–Crippen MR) is 120 cm³/mol. The van der Waals surface area contributed by atoms with Crippen molar-refractivity contribution in [3.63, 3.8) is 0 Å². The molecule has 0 spiro atoms. The van der Waals surface area contributed by atoms with Crippen LogP contribution in [0.2, 0.25) is 0 Å². The first kappa shape index (κ1) is 18.9. The maximum Gasteiger partial charge on any atom is 0.257 e. The Bertz CT molecular complexity index is 1100. The van der Waals surface area contributed by atoms with Crippen LogP contribution in [0.1, 0.15) is 33.8 Å². The van der Waals surface area contributed by atoms with Crippen LogP contribution in [-0.4, -0.2) is 47.9 Å². The van der Waals surface area contributed by atoms with Gasteiger partial charge in [-0.1, -0.05) is 30.3 Å². The van der Waals surface area contributed by atoms with Gasteiger partial charge < -0.3 is 15.6 Å². The van der Waals surface area contributed by atoms with Gasteiger partial charge in [0.25, 0.3) is 5.91 Å². The number of guanidine groups is 1. The van der Waals surface area contributed by atoms with E-state index >= 15 is 0 Å². The third-order valence-electron chi connectivity index (χ3n) is 6.61. The number of carbonyl (C=O) groups excluding carboxylic acids is 1. The maximum atomic E-state index is 12.3. The van der Waals surface area contributed by atoms with Crippen LogP contribution in [-0.2, 0) is 6.42 Å². The first-order chi connectivity index (χ1) is 14.6. The molecule has 3 atom stereocenters. The minimum Gasteiger partial charge on any atom is -0.370 e. The molecule has 1 amide bonds. The normalized spacial score (nSPS) is 23.9. The second kappa shape index (κ2) is 7.61. The second-order valence-corrected chi connectivity index (χ2v) is 8.55. The number of aromatic nitrogens is 1. The molecule has 2 aromatic carbocycles. The molecule has 6 heteroatoms. The Kier molecular flexibility index (Phi) is 4.79. The van der Waals surface area contributed by atoms with Gasteiger partial charge in [0.05, 0.1) is 0 Å². The Morgan fingerprint density at radius 3 is 2.90 bits per heavy atom. The van der Waals surface area contributed by atoms with Crippen molar-refractivity contribution in [1.82, 2.24) is 15.2 Å². The number of likely N-dealkylation sites (N-methyl/N-ethyl adjacent to an activating group) is 1. The van der Waals surface area contributed by atoms with Crippen LogP contribution >= 0.6 is 0 Å². The quantitative estimate of drug-likeness (QED) is 0.466. The van der Waals surface area contributed by atoms with Crippen LogP contribution in [0.25, 0.3) is 10.9 Å². The molecule has 1 fully saturated rings. The number of aromatic amines is 1. The Morgan fingerprint density at radius 1 is 1.23 bits per heavy atom. The average molecular weight is 402 g/mol. The molecule has 2 heterocycles. The highest BCUT2D eigenvalue weighted by Crippen LogP contribution is 2.44. The molecule has 0 bridgehead atoms. The summed E-state index contributed by atoms with van der Waals surface area (Å²) in [4.78, 5) is 22.7. The van der Waals surface area contributed by atoms with Gasteiger partial charge in [-0.25, -0.2) is 0 Å². The third-order valence-corrected chi connectivity index (χ3v) is 6.61. The number of H-pyrrole nitrogens is 1. The largest absolute Gasteiger partial charge is 0.370 e. The molecule has 1 aromatic heterocycles. The first-order valence-electron chi connectivity index (χ1n) is 10.6. The molecule has 3 aromatic rings. The molecule has 6 nitrogen and oxygen atoms in total. The summed E-state index contributed by atoms with van der Waals surface area (Å²) in [6.07, 6.45) is 4.34. The van der Waals surface area contributed by atoms with E-state index in [0.29, 0.717) is 30.0 Å². The van der Waals surface area contributed by atoms with Crippen LogP contribution in [0.15, 0.2) is 59.7 Å². The lowest BCUT2D eigenvalue weighted by atomic mass is 9.72. The monoisotopic (exact) mass is 401 g/mol. The molecule has 1 aliphatic carbocycles. The highest BCUT2D eigenvalue weighted by atomic mass is 16.1. The summed E-state index contributed by atoms with van der Waals surface area (Å²) >= 11 is 0. The molecule has 4 N–H and O–H groups in total. The molecule has 30 heavy (non-hydrogen) atoms. The SMILES string of the molecule is CN1C[C@H](CN=C(N)NC(=O)c2ccccc2)CC2c3cccc4[nH]cc(c34)C[C@H]21. The highest BCUT2D eigenvalue weighted by Gasteiger charge is 2.39. The molecule has 2 aliphatic rings. The van der Waals surface area contributed by atoms with E-state index in [-0.39, 0.29) is 11.9 Å². The summed E-state index contributed by atoms with van der Waals surface area (Å²) in [7, 11) is 2.21. The summed E-state index contributed by atoms with van der Waals surface area (Å²) in [5.74, 6) is 0.860. The van der Waals surface area contributed by atoms with Gasteiger partial charge in [0.1, 0.15) is 0 Å². The van der Waals surface area contributed by atoms with Gasteiger partial charge in [0.2, 0.25) is 0 Å². The number of likely N-dealkylation sites (tertiary alicyclic amines) is 1. The Balaban J connectivity index is 1.30. The van der Waals surface area contributed by atoms with Crippen LogP contribution in [0, 0.1) is 5.92 Å². The van der Waals surface area contributed by atoms with Gasteiger partial charge in [0.15, 0.2) is 5.96 Å². The smallest absolute Gasteiger partial charge is 0.257 e. The standard InChI is InChI=1S/C24H27N5O/c1-29-14-15(12-27-24(25)28-23(30)16-6-3-2-4-7-16)10-19-18-8-5-9-20-22(18)17(13-26-20)11-21(19)29/h2-9,13,15,19,21,26H,10-12,14H2,1H3,(H3,25,27,28,30)/t15-,19?,21+/m0/s1. The van der Waals surface area contributed by atoms with Gasteiger partial charge in [0, 0.05) is 47.7 Å². The van der Waals surface area contributed by atoms with Crippen molar-refractivity contribution >= 4 is 22.8 Å². The minimum atomic E-state index is -0.225. The average Bonchev–Trinajstić information content (AvgIpc) is 3.18. The zero-order valence-corrected chi connectivity index (χ0v) is 17.1. The number of nitrogens with zero attached hydrogens (tertiary/aromatic N) is 2. The summed E-state index contributed by atoms with van der Waals surface area (Å²) in [6, 6.07) is 16.2. The molecule has 0 saturated carbocycles. The van der Waals surface area contributed by atoms with E-state index in [9.17, 15) is 4.79 Å². The zero-order valence-electron chi connectivity index (χ0n) is 17.1. The molecular weight excluding hydrogens is 374 g/mol. The van der Waals surface area contributed by atoms with Crippen LogP contribution < -0.4 is 11.1 Å². The van der Waals surface area contributed by atoms with Crippen LogP contribution in [0.5, 0.6) is 0 Å². The van der Waals surface area contributed by atoms with Gasteiger partial charge in [-0.2, -0.15) is 0 Å². The molecule has 1 saturated heterocycles. The van der Waals surface area contributed by atoms with Gasteiger partial charge in [-0.3, -0.25) is 15.1 Å². The summed E-state index contributed by atoms with van der Waals surface area (Å²) in [5, 5.41) is 4.11. The van der Waals surface area contributed by atoms with E-state index in [0.717, 1.165) is 19.4 Å². The first-order valence-corrected chi connectivity index (χ1v) is 10.6. The minimum absolute atomic E-state index is 0.187. The van der Waals surface area contributed by atoms with Crippen molar-refractivity contribution in [2.45, 2.75) is 24.8 Å². The predicted octanol–water partition coefficient (Wildman–Crippen LogP) is 2.87. The Labute approximate surface area is 176 Å². The lowest BCUT2D eigenvalue weighted by Gasteiger charge is -2.45. The number of aliphatic imine (C=N–C) groups is 1. The van der Waals surface area contributed by atoms with E-state index in [4.69, 9.17) is 5.73 Å². The fourth-order valence-electron chi connectivity index (χ4n) is 5.23. The van der Waals surface area contributed by atoms with E-state index in [1.807, 2.05) is 18.2 Å². The number of nitrogens with two attached hydrogens (primary N) is 1. The number of hydrogen-bond acceptors (Lipinski definition) is 3. The summed E-state index contributed by atoms with van der Waals surface area (Å²) in [5.41, 5.74) is 10.7. The molecule has 1 unspecified atom stereocenters. The number of hydrogen-bond donors (Lipinski definition) is 3. The van der Waals surface area contributed by atoms with E-state index in [1.165, 1.54) is 22.0 Å². The Hall–Kier alpha value is -3.12. The van der Waals surface area contributed by atoms with Gasteiger partial charge in [-0.05, 0) is 55.1 Å². The molecule has 5 rings (SSSR count). The number of carbonyl (C=O) groups is 1. The van der Waals surface area contributed by atoms with Crippen molar-refractivity contribution in [2.24, 2.45) is 16.6 Å². The van der Waals surface area contributed by atoms with Gasteiger partial charge in [-0.15, -0.1) is 0 Å². The number of rotatable bonds is 3. The van der Waals surface area contributed by atoms with E-state index < -0.39 is 0 Å². The van der Waals surface area contributed by atoms with E-state index in [1.54, 1.807) is 12.1 Å². The third kappa shape index (κ3) is 3.37. The van der Waals surface area contributed by atoms with Gasteiger partial charge >= 0.3 is 0 Å². The summed E-state index contributed by atoms with van der Waals surface area (Å²) in [6.45, 7) is 1.60. The summed E-state index contributed by atoms with van der Waals surface area (Å²) < 4.78 is 0. The maximum absolute atomic E-state index is 12.3. The van der Waals surface area contributed by atoms with E-state index in [2.05, 4.69) is 51.6 Å². The lowest BCUT2D eigenvalue weighted by molar-refractivity contribution is 0.0976. The van der Waals surface area contributed by atoms with Crippen LogP contribution in [0.3, 0.4) is 0 Å².